The van der Waals surface area contributed by atoms with Crippen LogP contribution in [-0.2, 0) is 29.4 Å². The van der Waals surface area contributed by atoms with Crippen molar-refractivity contribution in [3.05, 3.63) is 94.7 Å². The van der Waals surface area contributed by atoms with Gasteiger partial charge in [0.2, 0.25) is 10.0 Å². The van der Waals surface area contributed by atoms with Crippen LogP contribution in [-0.4, -0.2) is 67.6 Å². The second-order valence-electron chi connectivity index (χ2n) is 9.39. The number of rotatable bonds is 14. The van der Waals surface area contributed by atoms with E-state index in [9.17, 15) is 32.2 Å². The van der Waals surface area contributed by atoms with Gasteiger partial charge in [-0.2, -0.15) is 0 Å². The average Bonchev–Trinajstić information content (AvgIpc) is 2.90. The van der Waals surface area contributed by atoms with E-state index < -0.39 is 46.3 Å². The van der Waals surface area contributed by atoms with Crippen LogP contribution in [0.25, 0.3) is 0 Å². The molecule has 0 aliphatic heterocycles. The molecule has 0 saturated carbocycles. The minimum Gasteiger partial charge on any atom is -0.394 e. The highest BCUT2D eigenvalue weighted by molar-refractivity contribution is 7.92. The van der Waals surface area contributed by atoms with Gasteiger partial charge >= 0.3 is 0 Å². The Labute approximate surface area is 232 Å². The maximum absolute atomic E-state index is 13.9. The average molecular weight is 577 g/mol. The maximum atomic E-state index is 13.9. The van der Waals surface area contributed by atoms with Gasteiger partial charge in [0.1, 0.15) is 17.5 Å². The van der Waals surface area contributed by atoms with E-state index in [1.807, 2.05) is 24.3 Å². The Hall–Kier alpha value is -3.45. The second kappa shape index (κ2) is 14.3. The largest absolute Gasteiger partial charge is 0.394 e. The number of aliphatic hydroxyl groups is 2. The minimum atomic E-state index is -3.79. The Balaban J connectivity index is 1.79. The predicted molar refractivity (Wildman–Crippen MR) is 148 cm³/mol. The molecule has 1 aromatic heterocycles. The zero-order chi connectivity index (χ0) is 29.3. The van der Waals surface area contributed by atoms with Gasteiger partial charge in [0.15, 0.2) is 0 Å². The fourth-order valence-electron chi connectivity index (χ4n) is 4.22. The smallest absolute Gasteiger partial charge is 0.251 e. The molecule has 0 radical (unpaired) electrons. The number of hydrogen-bond acceptors (Lipinski definition) is 7. The molecule has 3 aromatic rings. The van der Waals surface area contributed by atoms with E-state index in [0.29, 0.717) is 6.54 Å². The van der Waals surface area contributed by atoms with Crippen molar-refractivity contribution in [3.63, 3.8) is 0 Å². The standard InChI is InChI=1S/C28H34F2N4O5S/c1-3-19-5-4-6-20(11-19)17-31-18-26(36)25(14-21-12-23(29)16-24(30)13-21)33-28(37)22-7-8-32-27(15-22)34(9-10-35)40(2,38)39/h4-8,11-13,15-16,25-26,31,35-36H,3,9-10,14,17-18H2,1-2H3,(H,33,37)/t25-,26-/m0/s1. The molecule has 0 unspecified atom stereocenters. The normalized spacial score (nSPS) is 13.1. The first-order valence-corrected chi connectivity index (χ1v) is 14.6. The molecule has 1 heterocycles. The van der Waals surface area contributed by atoms with E-state index in [-0.39, 0.29) is 36.5 Å². The van der Waals surface area contributed by atoms with E-state index >= 15 is 0 Å². The Kier molecular flexibility index (Phi) is 11.1. The Morgan fingerprint density at radius 1 is 1.05 bits per heavy atom. The molecule has 40 heavy (non-hydrogen) atoms. The van der Waals surface area contributed by atoms with Gasteiger partial charge in [0.05, 0.1) is 31.6 Å². The summed E-state index contributed by atoms with van der Waals surface area (Å²) < 4.78 is 52.9. The molecule has 12 heteroatoms. The summed E-state index contributed by atoms with van der Waals surface area (Å²) in [6.45, 7) is 1.87. The molecular formula is C28H34F2N4O5S. The molecule has 9 nitrogen and oxygen atoms in total. The maximum Gasteiger partial charge on any atom is 0.251 e. The molecule has 216 valence electrons. The van der Waals surface area contributed by atoms with Gasteiger partial charge in [0, 0.05) is 30.9 Å². The number of anilines is 1. The van der Waals surface area contributed by atoms with Gasteiger partial charge in [-0.25, -0.2) is 22.2 Å². The first-order chi connectivity index (χ1) is 19.0. The van der Waals surface area contributed by atoms with Crippen LogP contribution in [0.4, 0.5) is 14.6 Å². The van der Waals surface area contributed by atoms with Crippen molar-refractivity contribution in [2.75, 3.05) is 30.3 Å². The number of hydrogen-bond donors (Lipinski definition) is 4. The summed E-state index contributed by atoms with van der Waals surface area (Å²) in [7, 11) is -3.79. The first-order valence-electron chi connectivity index (χ1n) is 12.8. The summed E-state index contributed by atoms with van der Waals surface area (Å²) in [4.78, 5) is 17.2. The topological polar surface area (TPSA) is 132 Å². The number of halogens is 2. The van der Waals surface area contributed by atoms with Crippen molar-refractivity contribution < 1.29 is 32.2 Å². The monoisotopic (exact) mass is 576 g/mol. The van der Waals surface area contributed by atoms with Gasteiger partial charge in [-0.1, -0.05) is 31.2 Å². The number of aliphatic hydroxyl groups excluding tert-OH is 2. The van der Waals surface area contributed by atoms with E-state index in [1.54, 1.807) is 0 Å². The van der Waals surface area contributed by atoms with Crippen LogP contribution in [0.1, 0.15) is 34.0 Å². The summed E-state index contributed by atoms with van der Waals surface area (Å²) in [5, 5.41) is 26.1. The fourth-order valence-corrected chi connectivity index (χ4v) is 5.07. The summed E-state index contributed by atoms with van der Waals surface area (Å²) >= 11 is 0. The molecule has 2 aromatic carbocycles. The SMILES string of the molecule is CCc1cccc(CNC[C@H](O)[C@H](Cc2cc(F)cc(F)c2)NC(=O)c2ccnc(N(CCO)S(C)(=O)=O)c2)c1. The van der Waals surface area contributed by atoms with Crippen molar-refractivity contribution in [1.29, 1.82) is 0 Å². The molecule has 1 amide bonds. The first kappa shape index (κ1) is 31.1. The fraction of sp³-hybridized carbons (Fsp3) is 0.357. The third kappa shape index (κ3) is 9.05. The number of aryl methyl sites for hydroxylation is 1. The summed E-state index contributed by atoms with van der Waals surface area (Å²) in [5.74, 6) is -2.29. The highest BCUT2D eigenvalue weighted by atomic mass is 32.2. The lowest BCUT2D eigenvalue weighted by atomic mass is 10.00. The second-order valence-corrected chi connectivity index (χ2v) is 11.3. The number of amides is 1. The number of carbonyl (C=O) groups is 1. The van der Waals surface area contributed by atoms with Crippen molar-refractivity contribution in [2.24, 2.45) is 0 Å². The van der Waals surface area contributed by atoms with Crippen molar-refractivity contribution in [3.8, 4) is 0 Å². The number of benzene rings is 2. The molecule has 0 saturated heterocycles. The predicted octanol–water partition coefficient (Wildman–Crippen LogP) is 2.17. The number of carbonyl (C=O) groups excluding carboxylic acids is 1. The molecule has 0 spiro atoms. The van der Waals surface area contributed by atoms with E-state index in [2.05, 4.69) is 22.5 Å². The van der Waals surface area contributed by atoms with Crippen LogP contribution in [0.15, 0.2) is 60.8 Å². The van der Waals surface area contributed by atoms with E-state index in [1.165, 1.54) is 23.9 Å². The van der Waals surface area contributed by atoms with Crippen LogP contribution in [0.3, 0.4) is 0 Å². The summed E-state index contributed by atoms with van der Waals surface area (Å²) in [6, 6.07) is 12.6. The number of pyridine rings is 1. The van der Waals surface area contributed by atoms with Crippen molar-refractivity contribution in [2.45, 2.75) is 38.5 Å². The number of nitrogens with zero attached hydrogens (tertiary/aromatic N) is 2. The Morgan fingerprint density at radius 2 is 1.75 bits per heavy atom. The lowest BCUT2D eigenvalue weighted by Gasteiger charge is -2.25. The molecule has 3 rings (SSSR count). The third-order valence-corrected chi connectivity index (χ3v) is 7.38. The van der Waals surface area contributed by atoms with Crippen molar-refractivity contribution >= 4 is 21.7 Å². The quantitative estimate of drug-likeness (QED) is 0.231. The lowest BCUT2D eigenvalue weighted by molar-refractivity contribution is 0.0829. The van der Waals surface area contributed by atoms with Crippen LogP contribution < -0.4 is 14.9 Å². The molecule has 0 aliphatic rings. The Morgan fingerprint density at radius 3 is 2.40 bits per heavy atom. The molecule has 2 atom stereocenters. The highest BCUT2D eigenvalue weighted by Gasteiger charge is 2.24. The zero-order valence-corrected chi connectivity index (χ0v) is 23.2. The molecule has 4 N–H and O–H groups in total. The van der Waals surface area contributed by atoms with E-state index in [4.69, 9.17) is 0 Å². The summed E-state index contributed by atoms with van der Waals surface area (Å²) in [5.41, 5.74) is 2.47. The zero-order valence-electron chi connectivity index (χ0n) is 22.3. The Bertz CT molecular complexity index is 1390. The van der Waals surface area contributed by atoms with Crippen LogP contribution in [0, 0.1) is 11.6 Å². The molecule has 0 aliphatic carbocycles. The van der Waals surface area contributed by atoms with Gasteiger partial charge < -0.3 is 20.8 Å². The number of aromatic nitrogens is 1. The number of sulfonamides is 1. The van der Waals surface area contributed by atoms with Gasteiger partial charge in [-0.15, -0.1) is 0 Å². The lowest BCUT2D eigenvalue weighted by Crippen LogP contribution is -2.48. The van der Waals surface area contributed by atoms with Crippen LogP contribution in [0.2, 0.25) is 0 Å². The summed E-state index contributed by atoms with van der Waals surface area (Å²) in [6.07, 6.45) is 1.86. The van der Waals surface area contributed by atoms with Crippen molar-refractivity contribution in [1.82, 2.24) is 15.6 Å². The van der Waals surface area contributed by atoms with Crippen LogP contribution >= 0.6 is 0 Å². The van der Waals surface area contributed by atoms with Gasteiger partial charge in [-0.3, -0.25) is 9.10 Å². The van der Waals surface area contributed by atoms with Crippen LogP contribution in [0.5, 0.6) is 0 Å². The molecule has 0 bridgehead atoms. The molecular weight excluding hydrogens is 542 g/mol. The van der Waals surface area contributed by atoms with E-state index in [0.717, 1.165) is 40.7 Å². The third-order valence-electron chi connectivity index (χ3n) is 6.21. The minimum absolute atomic E-state index is 0.0450. The number of nitrogens with one attached hydrogen (secondary N) is 2. The highest BCUT2D eigenvalue weighted by Crippen LogP contribution is 2.17. The van der Waals surface area contributed by atoms with Gasteiger partial charge in [0.25, 0.3) is 5.91 Å². The molecule has 0 fully saturated rings. The van der Waals surface area contributed by atoms with Gasteiger partial charge in [-0.05, 0) is 53.8 Å².